The van der Waals surface area contributed by atoms with Gasteiger partial charge in [0.1, 0.15) is 41.2 Å². The quantitative estimate of drug-likeness (QED) is 0.252. The van der Waals surface area contributed by atoms with E-state index in [1.807, 2.05) is 78.9 Å². The Bertz CT molecular complexity index is 1450. The lowest BCUT2D eigenvalue weighted by atomic mass is 9.80. The number of aliphatic hydroxyl groups is 2. The lowest BCUT2D eigenvalue weighted by Crippen LogP contribution is -2.39. The van der Waals surface area contributed by atoms with Gasteiger partial charge in [0.15, 0.2) is 6.23 Å². The van der Waals surface area contributed by atoms with Crippen LogP contribution in [0.1, 0.15) is 22.9 Å². The molecule has 4 aromatic rings. The fourth-order valence-electron chi connectivity index (χ4n) is 5.12. The van der Waals surface area contributed by atoms with Crippen molar-refractivity contribution < 1.29 is 29.2 Å². The number of hydrogen-bond donors (Lipinski definition) is 3. The van der Waals surface area contributed by atoms with E-state index >= 15 is 0 Å². The van der Waals surface area contributed by atoms with Gasteiger partial charge in [-0.25, -0.2) is 4.79 Å². The molecule has 4 unspecified atom stereocenters. The summed E-state index contributed by atoms with van der Waals surface area (Å²) >= 11 is 0. The molecular weight excluding hydrogens is 526 g/mol. The molecule has 0 spiro atoms. The first-order valence-corrected chi connectivity index (χ1v) is 13.2. The molecule has 4 atom stereocenters. The molecule has 1 aliphatic rings. The van der Waals surface area contributed by atoms with Gasteiger partial charge in [-0.3, -0.25) is 4.57 Å². The normalized spacial score (nSPS) is 20.5. The summed E-state index contributed by atoms with van der Waals surface area (Å²) in [4.78, 5) is 16.5. The highest BCUT2D eigenvalue weighted by Crippen LogP contribution is 2.42. The molecule has 1 aliphatic heterocycles. The molecule has 1 fully saturated rings. The maximum Gasteiger partial charge on any atom is 0.351 e. The molecule has 0 bridgehead atoms. The maximum absolute atomic E-state index is 12.6. The van der Waals surface area contributed by atoms with Gasteiger partial charge in [0.2, 0.25) is 0 Å². The molecule has 0 amide bonds. The topological polar surface area (TPSA) is 124 Å². The molecule has 41 heavy (non-hydrogen) atoms. The molecule has 0 saturated carbocycles. The van der Waals surface area contributed by atoms with Crippen LogP contribution in [0.3, 0.4) is 0 Å². The highest BCUT2D eigenvalue weighted by atomic mass is 16.6. The zero-order valence-corrected chi connectivity index (χ0v) is 23.0. The molecule has 1 saturated heterocycles. The van der Waals surface area contributed by atoms with Gasteiger partial charge >= 0.3 is 5.69 Å². The van der Waals surface area contributed by atoms with Crippen molar-refractivity contribution in [2.45, 2.75) is 30.1 Å². The van der Waals surface area contributed by atoms with E-state index in [-0.39, 0.29) is 6.61 Å². The first kappa shape index (κ1) is 28.3. The standard InChI is InChI=1S/C31H33N3O7/c1-32-26-17-18-34(30(37)33-26)29-28(36)27(35)25(41-29)19-40-31(20-7-5-4-6-8-20,21-9-13-23(38-2)14-10-21)22-11-15-24(39-3)16-12-22/h4-18,25,27-29,35-36H,19H2,1-3H3,(H,32,33,37). The Balaban J connectivity index is 1.54. The molecule has 0 aliphatic carbocycles. The molecule has 10 heteroatoms. The van der Waals surface area contributed by atoms with Gasteiger partial charge in [-0.1, -0.05) is 54.6 Å². The van der Waals surface area contributed by atoms with Crippen LogP contribution in [0.15, 0.2) is 95.9 Å². The van der Waals surface area contributed by atoms with Crippen LogP contribution in [0.25, 0.3) is 0 Å². The summed E-state index contributed by atoms with van der Waals surface area (Å²) in [5.41, 5.74) is 0.691. The highest BCUT2D eigenvalue weighted by Gasteiger charge is 2.46. The minimum absolute atomic E-state index is 0.113. The number of benzene rings is 3. The van der Waals surface area contributed by atoms with E-state index < -0.39 is 35.8 Å². The fourth-order valence-corrected chi connectivity index (χ4v) is 5.12. The summed E-state index contributed by atoms with van der Waals surface area (Å²) in [7, 11) is 4.86. The maximum atomic E-state index is 12.6. The van der Waals surface area contributed by atoms with Crippen LogP contribution in [0.4, 0.5) is 5.82 Å². The van der Waals surface area contributed by atoms with Gasteiger partial charge in [-0.05, 0) is 47.0 Å². The zero-order valence-electron chi connectivity index (χ0n) is 23.0. The third kappa shape index (κ3) is 5.42. The van der Waals surface area contributed by atoms with Crippen LogP contribution in [-0.4, -0.2) is 66.0 Å². The van der Waals surface area contributed by atoms with Crippen molar-refractivity contribution in [1.29, 1.82) is 0 Å². The van der Waals surface area contributed by atoms with E-state index in [0.717, 1.165) is 21.3 Å². The van der Waals surface area contributed by atoms with E-state index in [4.69, 9.17) is 18.9 Å². The molecule has 5 rings (SSSR count). The van der Waals surface area contributed by atoms with Crippen molar-refractivity contribution in [3.8, 4) is 11.5 Å². The Morgan fingerprint density at radius 2 is 1.41 bits per heavy atom. The van der Waals surface area contributed by atoms with Crippen molar-refractivity contribution in [3.05, 3.63) is 118 Å². The number of hydrogen-bond acceptors (Lipinski definition) is 9. The van der Waals surface area contributed by atoms with Gasteiger partial charge in [0.25, 0.3) is 0 Å². The zero-order chi connectivity index (χ0) is 29.0. The molecule has 2 heterocycles. The molecular formula is C31H33N3O7. The molecule has 1 aromatic heterocycles. The second-order valence-corrected chi connectivity index (χ2v) is 9.61. The third-order valence-corrected chi connectivity index (χ3v) is 7.34. The summed E-state index contributed by atoms with van der Waals surface area (Å²) < 4.78 is 24.8. The average Bonchev–Trinajstić information content (AvgIpc) is 3.31. The molecule has 3 aromatic carbocycles. The van der Waals surface area contributed by atoms with Crippen molar-refractivity contribution in [3.63, 3.8) is 0 Å². The number of aromatic nitrogens is 2. The predicted molar refractivity (Wildman–Crippen MR) is 152 cm³/mol. The minimum Gasteiger partial charge on any atom is -0.497 e. The van der Waals surface area contributed by atoms with Gasteiger partial charge in [-0.2, -0.15) is 4.98 Å². The molecule has 3 N–H and O–H groups in total. The van der Waals surface area contributed by atoms with E-state index in [2.05, 4.69) is 10.3 Å². The number of nitrogens with zero attached hydrogens (tertiary/aromatic N) is 2. The smallest absolute Gasteiger partial charge is 0.351 e. The Labute approximate surface area is 237 Å². The van der Waals surface area contributed by atoms with Crippen molar-refractivity contribution in [2.75, 3.05) is 33.2 Å². The summed E-state index contributed by atoms with van der Waals surface area (Å²) in [6.07, 6.45) is -3.33. The summed E-state index contributed by atoms with van der Waals surface area (Å²) in [6, 6.07) is 26.4. The van der Waals surface area contributed by atoms with Crippen LogP contribution in [0.5, 0.6) is 11.5 Å². The number of nitrogens with one attached hydrogen (secondary N) is 1. The van der Waals surface area contributed by atoms with E-state index in [9.17, 15) is 15.0 Å². The highest BCUT2D eigenvalue weighted by molar-refractivity contribution is 5.49. The molecule has 0 radical (unpaired) electrons. The number of rotatable bonds is 10. The fraction of sp³-hybridized carbons (Fsp3) is 0.290. The Morgan fingerprint density at radius 1 is 0.854 bits per heavy atom. The third-order valence-electron chi connectivity index (χ3n) is 7.34. The minimum atomic E-state index is -1.38. The van der Waals surface area contributed by atoms with Crippen LogP contribution in [0, 0.1) is 0 Å². The first-order chi connectivity index (χ1) is 19.9. The molecule has 214 valence electrons. The summed E-state index contributed by atoms with van der Waals surface area (Å²) in [5.74, 6) is 1.76. The second-order valence-electron chi connectivity index (χ2n) is 9.61. The van der Waals surface area contributed by atoms with Crippen molar-refractivity contribution in [2.24, 2.45) is 0 Å². The summed E-state index contributed by atoms with van der Waals surface area (Å²) in [5, 5.41) is 24.7. The summed E-state index contributed by atoms with van der Waals surface area (Å²) in [6.45, 7) is -0.113. The Kier molecular flexibility index (Phi) is 8.36. The molecule has 10 nitrogen and oxygen atoms in total. The van der Waals surface area contributed by atoms with Crippen LogP contribution >= 0.6 is 0 Å². The average molecular weight is 560 g/mol. The van der Waals surface area contributed by atoms with E-state index in [1.165, 1.54) is 6.20 Å². The van der Waals surface area contributed by atoms with Crippen molar-refractivity contribution in [1.82, 2.24) is 9.55 Å². The lowest BCUT2D eigenvalue weighted by molar-refractivity contribution is -0.0958. The van der Waals surface area contributed by atoms with Gasteiger partial charge in [0, 0.05) is 13.2 Å². The van der Waals surface area contributed by atoms with Gasteiger partial charge in [0.05, 0.1) is 20.8 Å². The Hall–Kier alpha value is -4.22. The number of anilines is 1. The first-order valence-electron chi connectivity index (χ1n) is 13.2. The number of aliphatic hydroxyl groups excluding tert-OH is 2. The SMILES string of the molecule is CNc1ccn(C2OC(COC(c3ccccc3)(c3ccc(OC)cc3)c3ccc(OC)cc3)C(O)C2O)c(=O)n1. The number of ether oxygens (including phenoxy) is 4. The Morgan fingerprint density at radius 3 is 1.93 bits per heavy atom. The van der Waals surface area contributed by atoms with Gasteiger partial charge < -0.3 is 34.5 Å². The monoisotopic (exact) mass is 559 g/mol. The van der Waals surface area contributed by atoms with Crippen molar-refractivity contribution >= 4 is 5.82 Å². The van der Waals surface area contributed by atoms with Crippen LogP contribution < -0.4 is 20.5 Å². The van der Waals surface area contributed by atoms with E-state index in [1.54, 1.807) is 27.3 Å². The van der Waals surface area contributed by atoms with Gasteiger partial charge in [-0.15, -0.1) is 0 Å². The van der Waals surface area contributed by atoms with Crippen LogP contribution in [0.2, 0.25) is 0 Å². The predicted octanol–water partition coefficient (Wildman–Crippen LogP) is 2.93. The number of methoxy groups -OCH3 is 2. The van der Waals surface area contributed by atoms with E-state index in [0.29, 0.717) is 17.3 Å². The second kappa shape index (κ2) is 12.1. The lowest BCUT2D eigenvalue weighted by Gasteiger charge is -2.37. The largest absolute Gasteiger partial charge is 0.497 e. The van der Waals surface area contributed by atoms with Crippen LogP contribution in [-0.2, 0) is 15.1 Å².